The smallest absolute Gasteiger partial charge is 0.335 e. The number of carbonyl (C=O) groups is 2. The molecule has 0 unspecified atom stereocenters. The molecule has 0 aliphatic carbocycles. The second-order valence-corrected chi connectivity index (χ2v) is 7.01. The Morgan fingerprint density at radius 2 is 1.90 bits per heavy atom. The molecule has 0 bridgehead atoms. The van der Waals surface area contributed by atoms with E-state index in [0.29, 0.717) is 0 Å². The lowest BCUT2D eigenvalue weighted by Crippen LogP contribution is -2.34. The molecule has 0 saturated carbocycles. The summed E-state index contributed by atoms with van der Waals surface area (Å²) in [6.45, 7) is 4.46. The number of nitrogens with one attached hydrogen (secondary N) is 1. The second-order valence-electron chi connectivity index (χ2n) is 5.24. The summed E-state index contributed by atoms with van der Waals surface area (Å²) in [5, 5.41) is 8.83. The van der Waals surface area contributed by atoms with Gasteiger partial charge in [0.2, 0.25) is 10.0 Å². The first kappa shape index (κ1) is 17.1. The molecule has 0 fully saturated rings. The Labute approximate surface area is 123 Å². The number of aromatic carboxylic acids is 1. The number of hydrogen-bond donors (Lipinski definition) is 2. The van der Waals surface area contributed by atoms with Gasteiger partial charge in [-0.15, -0.1) is 0 Å². The largest absolute Gasteiger partial charge is 0.478 e. The van der Waals surface area contributed by atoms with Crippen LogP contribution in [0.15, 0.2) is 29.2 Å². The maximum Gasteiger partial charge on any atom is 0.335 e. The summed E-state index contributed by atoms with van der Waals surface area (Å²) >= 11 is 0. The average Bonchev–Trinajstić information content (AvgIpc) is 2.35. The van der Waals surface area contributed by atoms with Crippen LogP contribution in [0.1, 0.15) is 31.1 Å². The lowest BCUT2D eigenvalue weighted by atomic mass is 10.2. The van der Waals surface area contributed by atoms with Crippen molar-refractivity contribution < 1.29 is 27.9 Å². The molecule has 2 N–H and O–H groups in total. The minimum atomic E-state index is -3.98. The molecule has 0 aliphatic heterocycles. The summed E-state index contributed by atoms with van der Waals surface area (Å²) in [6.07, 6.45) is 0. The van der Waals surface area contributed by atoms with Crippen molar-refractivity contribution in [2.24, 2.45) is 0 Å². The Kier molecular flexibility index (Phi) is 5.08. The Morgan fingerprint density at radius 1 is 1.29 bits per heavy atom. The van der Waals surface area contributed by atoms with Gasteiger partial charge >= 0.3 is 11.9 Å². The summed E-state index contributed by atoms with van der Waals surface area (Å²) in [6, 6.07) is 4.84. The number of carboxylic acid groups (broad SMARTS) is 1. The molecule has 116 valence electrons. The molecule has 0 radical (unpaired) electrons. The maximum absolute atomic E-state index is 12.0. The van der Waals surface area contributed by atoms with Crippen LogP contribution in [0.5, 0.6) is 0 Å². The van der Waals surface area contributed by atoms with Crippen molar-refractivity contribution in [3.05, 3.63) is 29.8 Å². The summed E-state index contributed by atoms with van der Waals surface area (Å²) in [5.41, 5.74) is -0.874. The summed E-state index contributed by atoms with van der Waals surface area (Å²) < 4.78 is 31.0. The molecule has 8 heteroatoms. The number of esters is 1. The fourth-order valence-electron chi connectivity index (χ4n) is 1.41. The molecule has 1 rings (SSSR count). The van der Waals surface area contributed by atoms with E-state index in [-0.39, 0.29) is 10.5 Å². The number of ether oxygens (including phenoxy) is 1. The highest BCUT2D eigenvalue weighted by Gasteiger charge is 2.20. The van der Waals surface area contributed by atoms with Crippen molar-refractivity contribution in [2.75, 3.05) is 6.54 Å². The summed E-state index contributed by atoms with van der Waals surface area (Å²) in [5.74, 6) is -1.96. The number of carbonyl (C=O) groups excluding carboxylic acids is 1. The van der Waals surface area contributed by atoms with Gasteiger partial charge in [-0.25, -0.2) is 13.2 Å². The van der Waals surface area contributed by atoms with Crippen molar-refractivity contribution in [2.45, 2.75) is 31.3 Å². The first-order valence-electron chi connectivity index (χ1n) is 6.06. The zero-order chi connectivity index (χ0) is 16.3. The number of benzene rings is 1. The fourth-order valence-corrected chi connectivity index (χ4v) is 2.43. The van der Waals surface area contributed by atoms with Crippen molar-refractivity contribution in [1.82, 2.24) is 4.72 Å². The number of carboxylic acids is 1. The molecule has 1 aromatic rings. The van der Waals surface area contributed by atoms with Crippen LogP contribution in [0.4, 0.5) is 0 Å². The highest BCUT2D eigenvalue weighted by molar-refractivity contribution is 7.89. The summed E-state index contributed by atoms with van der Waals surface area (Å²) in [4.78, 5) is 22.1. The standard InChI is InChI=1S/C13H17NO6S/c1-13(2,3)20-11(15)8-14-21(18,19)10-6-4-5-9(7-10)12(16)17/h4-7,14H,8H2,1-3H3,(H,16,17). The Hall–Kier alpha value is -1.93. The third-order valence-corrected chi connectivity index (χ3v) is 3.62. The SMILES string of the molecule is CC(C)(C)OC(=O)CNS(=O)(=O)c1cccc(C(=O)O)c1. The minimum absolute atomic E-state index is 0.157. The number of rotatable bonds is 5. The predicted molar refractivity (Wildman–Crippen MR) is 74.4 cm³/mol. The molecule has 1 aromatic carbocycles. The topological polar surface area (TPSA) is 110 Å². The zero-order valence-corrected chi connectivity index (χ0v) is 12.7. The van der Waals surface area contributed by atoms with E-state index in [0.717, 1.165) is 6.07 Å². The van der Waals surface area contributed by atoms with Gasteiger partial charge in [0.25, 0.3) is 0 Å². The first-order valence-corrected chi connectivity index (χ1v) is 7.54. The van der Waals surface area contributed by atoms with Crippen LogP contribution in [-0.2, 0) is 19.6 Å². The van der Waals surface area contributed by atoms with Gasteiger partial charge in [0.15, 0.2) is 0 Å². The van der Waals surface area contributed by atoms with E-state index in [1.807, 2.05) is 0 Å². The molecule has 7 nitrogen and oxygen atoms in total. The Morgan fingerprint density at radius 3 is 2.43 bits per heavy atom. The molecule has 0 heterocycles. The molecule has 0 saturated heterocycles. The van der Waals surface area contributed by atoms with Crippen LogP contribution in [0, 0.1) is 0 Å². The third kappa shape index (κ3) is 5.52. The second kappa shape index (κ2) is 6.23. The van der Waals surface area contributed by atoms with E-state index in [4.69, 9.17) is 9.84 Å². The number of sulfonamides is 1. The number of hydrogen-bond acceptors (Lipinski definition) is 5. The van der Waals surface area contributed by atoms with Crippen molar-refractivity contribution in [1.29, 1.82) is 0 Å². The van der Waals surface area contributed by atoms with Gasteiger partial charge in [0.05, 0.1) is 10.5 Å². The molecule has 0 atom stereocenters. The fraction of sp³-hybridized carbons (Fsp3) is 0.385. The van der Waals surface area contributed by atoms with Gasteiger partial charge in [0.1, 0.15) is 12.1 Å². The van der Waals surface area contributed by atoms with Crippen molar-refractivity contribution in [3.63, 3.8) is 0 Å². The van der Waals surface area contributed by atoms with Gasteiger partial charge in [-0.2, -0.15) is 4.72 Å². The van der Waals surface area contributed by atoms with Gasteiger partial charge in [-0.05, 0) is 39.0 Å². The van der Waals surface area contributed by atoms with Crippen LogP contribution in [0.3, 0.4) is 0 Å². The van der Waals surface area contributed by atoms with Gasteiger partial charge < -0.3 is 9.84 Å². The normalized spacial score (nSPS) is 12.0. The molecule has 0 aromatic heterocycles. The van der Waals surface area contributed by atoms with E-state index in [9.17, 15) is 18.0 Å². The lowest BCUT2D eigenvalue weighted by molar-refractivity contribution is -0.153. The lowest BCUT2D eigenvalue weighted by Gasteiger charge is -2.19. The minimum Gasteiger partial charge on any atom is -0.478 e. The molecular formula is C13H17NO6S. The molecular weight excluding hydrogens is 298 g/mol. The molecule has 0 aliphatic rings. The van der Waals surface area contributed by atoms with Crippen LogP contribution >= 0.6 is 0 Å². The predicted octanol–water partition coefficient (Wildman–Crippen LogP) is 1.00. The molecule has 21 heavy (non-hydrogen) atoms. The van der Waals surface area contributed by atoms with Crippen LogP contribution in [0.2, 0.25) is 0 Å². The average molecular weight is 315 g/mol. The van der Waals surface area contributed by atoms with E-state index in [2.05, 4.69) is 4.72 Å². The Bertz CT molecular complexity index is 645. The zero-order valence-electron chi connectivity index (χ0n) is 11.9. The third-order valence-electron chi connectivity index (χ3n) is 2.22. The van der Waals surface area contributed by atoms with Crippen LogP contribution < -0.4 is 4.72 Å². The van der Waals surface area contributed by atoms with E-state index < -0.39 is 34.1 Å². The highest BCUT2D eigenvalue weighted by atomic mass is 32.2. The first-order chi connectivity index (χ1) is 9.51. The van der Waals surface area contributed by atoms with Gasteiger partial charge in [0, 0.05) is 0 Å². The van der Waals surface area contributed by atoms with E-state index >= 15 is 0 Å². The Balaban J connectivity index is 2.81. The van der Waals surface area contributed by atoms with Crippen molar-refractivity contribution >= 4 is 22.0 Å². The highest BCUT2D eigenvalue weighted by Crippen LogP contribution is 2.12. The van der Waals surface area contributed by atoms with Gasteiger partial charge in [-0.3, -0.25) is 4.79 Å². The maximum atomic E-state index is 12.0. The van der Waals surface area contributed by atoms with Gasteiger partial charge in [-0.1, -0.05) is 6.07 Å². The van der Waals surface area contributed by atoms with Crippen LogP contribution in [-0.4, -0.2) is 37.6 Å². The van der Waals surface area contributed by atoms with Crippen LogP contribution in [0.25, 0.3) is 0 Å². The summed E-state index contributed by atoms with van der Waals surface area (Å²) in [7, 11) is -3.98. The monoisotopic (exact) mass is 315 g/mol. The quantitative estimate of drug-likeness (QED) is 0.785. The van der Waals surface area contributed by atoms with E-state index in [1.54, 1.807) is 20.8 Å². The molecule has 0 amide bonds. The van der Waals surface area contributed by atoms with Crippen molar-refractivity contribution in [3.8, 4) is 0 Å². The molecule has 0 spiro atoms. The van der Waals surface area contributed by atoms with E-state index in [1.165, 1.54) is 18.2 Å².